The lowest BCUT2D eigenvalue weighted by Crippen LogP contribution is -2.36. The van der Waals surface area contributed by atoms with Crippen molar-refractivity contribution in [1.29, 1.82) is 0 Å². The number of rotatable bonds is 7. The third-order valence-corrected chi connectivity index (χ3v) is 8.19. The minimum atomic E-state index is -0.936. The molecule has 0 unspecified atom stereocenters. The average Bonchev–Trinajstić information content (AvgIpc) is 3.27. The Balaban J connectivity index is 1.61. The van der Waals surface area contributed by atoms with E-state index in [0.29, 0.717) is 29.3 Å². The third-order valence-electron chi connectivity index (χ3n) is 7.29. The molecule has 1 aromatic heterocycles. The van der Waals surface area contributed by atoms with Crippen molar-refractivity contribution in [3.63, 3.8) is 0 Å². The van der Waals surface area contributed by atoms with Crippen molar-refractivity contribution in [2.75, 3.05) is 5.32 Å². The zero-order chi connectivity index (χ0) is 24.9. The van der Waals surface area contributed by atoms with Gasteiger partial charge in [0.25, 0.3) is 0 Å². The SMILES string of the molecule is CC(C)OC(=O)c1c(-c2ccc(C3CCCCC3)cc2)csc1NC(=O)[C@H]1CCCC[C@@H]1C(=O)O. The van der Waals surface area contributed by atoms with Crippen LogP contribution < -0.4 is 5.32 Å². The lowest BCUT2D eigenvalue weighted by Gasteiger charge is -2.27. The van der Waals surface area contributed by atoms with Crippen molar-refractivity contribution >= 4 is 34.2 Å². The summed E-state index contributed by atoms with van der Waals surface area (Å²) < 4.78 is 5.53. The van der Waals surface area contributed by atoms with Gasteiger partial charge in [-0.3, -0.25) is 9.59 Å². The van der Waals surface area contributed by atoms with Gasteiger partial charge in [-0.2, -0.15) is 0 Å². The van der Waals surface area contributed by atoms with Crippen LogP contribution in [0.4, 0.5) is 5.00 Å². The van der Waals surface area contributed by atoms with Crippen LogP contribution in [-0.2, 0) is 14.3 Å². The van der Waals surface area contributed by atoms with Crippen molar-refractivity contribution in [3.8, 4) is 11.1 Å². The topological polar surface area (TPSA) is 92.7 Å². The Morgan fingerprint density at radius 1 is 0.943 bits per heavy atom. The zero-order valence-electron chi connectivity index (χ0n) is 20.5. The third kappa shape index (κ3) is 5.95. The number of nitrogens with one attached hydrogen (secondary N) is 1. The van der Waals surface area contributed by atoms with Gasteiger partial charge >= 0.3 is 11.9 Å². The van der Waals surface area contributed by atoms with E-state index in [-0.39, 0.29) is 12.0 Å². The fourth-order valence-electron chi connectivity index (χ4n) is 5.45. The second-order valence-electron chi connectivity index (χ2n) is 10.1. The van der Waals surface area contributed by atoms with Crippen LogP contribution in [0, 0.1) is 11.8 Å². The Bertz CT molecular complexity index is 1050. The van der Waals surface area contributed by atoms with E-state index in [2.05, 4.69) is 17.4 Å². The summed E-state index contributed by atoms with van der Waals surface area (Å²) in [5.41, 5.74) is 3.30. The van der Waals surface area contributed by atoms with Crippen LogP contribution in [0.1, 0.15) is 93.5 Å². The zero-order valence-corrected chi connectivity index (χ0v) is 21.4. The number of anilines is 1. The minimum Gasteiger partial charge on any atom is -0.481 e. The average molecular weight is 498 g/mol. The maximum atomic E-state index is 13.1. The molecular weight excluding hydrogens is 462 g/mol. The summed E-state index contributed by atoms with van der Waals surface area (Å²) in [6.07, 6.45) is 8.67. The lowest BCUT2D eigenvalue weighted by molar-refractivity contribution is -0.147. The largest absolute Gasteiger partial charge is 0.481 e. The smallest absolute Gasteiger partial charge is 0.342 e. The quantitative estimate of drug-likeness (QED) is 0.408. The van der Waals surface area contributed by atoms with Gasteiger partial charge in [0.05, 0.1) is 17.9 Å². The summed E-state index contributed by atoms with van der Waals surface area (Å²) in [5, 5.41) is 14.8. The second-order valence-corrected chi connectivity index (χ2v) is 11.0. The fourth-order valence-corrected chi connectivity index (χ4v) is 6.41. The Morgan fingerprint density at radius 3 is 2.20 bits per heavy atom. The predicted molar refractivity (Wildman–Crippen MR) is 138 cm³/mol. The molecule has 2 aromatic rings. The standard InChI is InChI=1S/C28H35NO5S/c1-17(2)34-28(33)24-23(20-14-12-19(13-15-20)18-8-4-3-5-9-18)16-35-26(24)29-25(30)21-10-6-7-11-22(21)27(31)32/h12-18,21-22H,3-11H2,1-2H3,(H,29,30)(H,31,32)/t21-,22-/m0/s1. The number of aliphatic carboxylic acids is 1. The summed E-state index contributed by atoms with van der Waals surface area (Å²) in [5.74, 6) is -2.46. The monoisotopic (exact) mass is 497 g/mol. The van der Waals surface area contributed by atoms with E-state index in [9.17, 15) is 19.5 Å². The van der Waals surface area contributed by atoms with Crippen LogP contribution in [0.15, 0.2) is 29.6 Å². The van der Waals surface area contributed by atoms with Crippen LogP contribution in [0.25, 0.3) is 11.1 Å². The Labute approximate surface area is 211 Å². The van der Waals surface area contributed by atoms with E-state index in [1.54, 1.807) is 13.8 Å². The van der Waals surface area contributed by atoms with Crippen molar-refractivity contribution in [3.05, 3.63) is 40.8 Å². The van der Waals surface area contributed by atoms with Gasteiger partial charge in [0, 0.05) is 10.9 Å². The molecule has 1 heterocycles. The van der Waals surface area contributed by atoms with Gasteiger partial charge in [-0.25, -0.2) is 4.79 Å². The van der Waals surface area contributed by atoms with Gasteiger partial charge in [-0.15, -0.1) is 11.3 Å². The summed E-state index contributed by atoms with van der Waals surface area (Å²) in [4.78, 5) is 37.9. The van der Waals surface area contributed by atoms with Crippen LogP contribution in [0.2, 0.25) is 0 Å². The summed E-state index contributed by atoms with van der Waals surface area (Å²) in [6.45, 7) is 3.58. The molecular formula is C28H35NO5S. The number of benzene rings is 1. The van der Waals surface area contributed by atoms with E-state index in [1.807, 2.05) is 17.5 Å². The molecule has 0 saturated heterocycles. The van der Waals surface area contributed by atoms with Gasteiger partial charge in [0.15, 0.2) is 0 Å². The van der Waals surface area contributed by atoms with E-state index >= 15 is 0 Å². The number of carbonyl (C=O) groups excluding carboxylic acids is 2. The molecule has 0 spiro atoms. The molecule has 1 aromatic carbocycles. The number of hydrogen-bond acceptors (Lipinski definition) is 5. The molecule has 2 saturated carbocycles. The molecule has 2 aliphatic carbocycles. The van der Waals surface area contributed by atoms with Crippen LogP contribution in [0.5, 0.6) is 0 Å². The Kier molecular flexibility index (Phi) is 8.26. The molecule has 6 nitrogen and oxygen atoms in total. The molecule has 2 fully saturated rings. The first-order chi connectivity index (χ1) is 16.8. The van der Waals surface area contributed by atoms with Gasteiger partial charge in [0.1, 0.15) is 10.6 Å². The highest BCUT2D eigenvalue weighted by Gasteiger charge is 2.36. The molecule has 1 amide bonds. The highest BCUT2D eigenvalue weighted by atomic mass is 32.1. The van der Waals surface area contributed by atoms with Crippen LogP contribution in [-0.4, -0.2) is 29.1 Å². The van der Waals surface area contributed by atoms with Crippen LogP contribution in [0.3, 0.4) is 0 Å². The summed E-state index contributed by atoms with van der Waals surface area (Å²) in [7, 11) is 0. The molecule has 0 radical (unpaired) electrons. The summed E-state index contributed by atoms with van der Waals surface area (Å²) >= 11 is 1.28. The highest BCUT2D eigenvalue weighted by Crippen LogP contribution is 2.39. The number of ether oxygens (including phenoxy) is 1. The normalized spacial score (nSPS) is 21.0. The number of hydrogen-bond donors (Lipinski definition) is 2. The number of carboxylic acid groups (broad SMARTS) is 1. The highest BCUT2D eigenvalue weighted by molar-refractivity contribution is 7.15. The van der Waals surface area contributed by atoms with Gasteiger partial charge in [-0.05, 0) is 56.6 Å². The maximum Gasteiger partial charge on any atom is 0.342 e. The molecule has 0 aliphatic heterocycles. The van der Waals surface area contributed by atoms with E-state index in [0.717, 1.165) is 24.0 Å². The Hall–Kier alpha value is -2.67. The molecule has 7 heteroatoms. The summed E-state index contributed by atoms with van der Waals surface area (Å²) in [6, 6.07) is 8.40. The number of carboxylic acids is 1. The molecule has 188 valence electrons. The first-order valence-electron chi connectivity index (χ1n) is 12.8. The van der Waals surface area contributed by atoms with Crippen LogP contribution >= 0.6 is 11.3 Å². The number of carbonyl (C=O) groups is 3. The molecule has 2 atom stereocenters. The second kappa shape index (κ2) is 11.4. The molecule has 35 heavy (non-hydrogen) atoms. The van der Waals surface area contributed by atoms with E-state index in [1.165, 1.54) is 49.0 Å². The van der Waals surface area contributed by atoms with Crippen molar-refractivity contribution in [1.82, 2.24) is 0 Å². The first kappa shape index (κ1) is 25.4. The van der Waals surface area contributed by atoms with Gasteiger partial charge in [0.2, 0.25) is 5.91 Å². The molecule has 4 rings (SSSR count). The first-order valence-corrected chi connectivity index (χ1v) is 13.7. The number of amides is 1. The Morgan fingerprint density at radius 2 is 1.57 bits per heavy atom. The van der Waals surface area contributed by atoms with Crippen molar-refractivity contribution in [2.45, 2.75) is 83.7 Å². The van der Waals surface area contributed by atoms with Gasteiger partial charge < -0.3 is 15.2 Å². The van der Waals surface area contributed by atoms with Gasteiger partial charge in [-0.1, -0.05) is 56.4 Å². The molecule has 0 bridgehead atoms. The lowest BCUT2D eigenvalue weighted by atomic mass is 9.78. The predicted octanol–water partition coefficient (Wildman–Crippen LogP) is 6.86. The maximum absolute atomic E-state index is 13.1. The molecule has 2 aliphatic rings. The molecule has 2 N–H and O–H groups in total. The van der Waals surface area contributed by atoms with Crippen molar-refractivity contribution in [2.24, 2.45) is 11.8 Å². The van der Waals surface area contributed by atoms with Crippen molar-refractivity contribution < 1.29 is 24.2 Å². The van der Waals surface area contributed by atoms with E-state index in [4.69, 9.17) is 4.74 Å². The minimum absolute atomic E-state index is 0.304. The number of thiophene rings is 1. The fraction of sp³-hybridized carbons (Fsp3) is 0.536. The number of esters is 1. The van der Waals surface area contributed by atoms with E-state index < -0.39 is 23.8 Å².